The largest absolute Gasteiger partial charge is 0.296 e. The average molecular weight is 239 g/mol. The molecule has 98 valence electrons. The fraction of sp³-hybridized carbons (Fsp3) is 0.857. The van der Waals surface area contributed by atoms with Crippen LogP contribution in [0.25, 0.3) is 0 Å². The number of rotatable bonds is 4. The fourth-order valence-corrected chi connectivity index (χ4v) is 3.02. The topological polar surface area (TPSA) is 46.2 Å². The van der Waals surface area contributed by atoms with Gasteiger partial charge < -0.3 is 0 Å². The molecule has 0 aromatic heterocycles. The number of carbonyl (C=O) groups excluding carboxylic acids is 2. The second-order valence-corrected chi connectivity index (χ2v) is 6.40. The van der Waals surface area contributed by atoms with Crippen molar-refractivity contribution in [3.8, 4) is 0 Å². The second-order valence-electron chi connectivity index (χ2n) is 6.40. The molecule has 0 aliphatic carbocycles. The lowest BCUT2D eigenvalue weighted by Crippen LogP contribution is -2.52. The van der Waals surface area contributed by atoms with E-state index in [1.807, 2.05) is 0 Å². The molecule has 1 aliphatic rings. The van der Waals surface area contributed by atoms with Gasteiger partial charge in [-0.25, -0.2) is 0 Å². The lowest BCUT2D eigenvalue weighted by Gasteiger charge is -2.42. The molecule has 1 saturated heterocycles. The predicted octanol–water partition coefficient (Wildman–Crippen LogP) is 2.75. The maximum Gasteiger partial charge on any atom is 0.230 e. The highest BCUT2D eigenvalue weighted by atomic mass is 16.2. The van der Waals surface area contributed by atoms with E-state index in [4.69, 9.17) is 0 Å². The van der Waals surface area contributed by atoms with Crippen LogP contribution in [0.2, 0.25) is 0 Å². The van der Waals surface area contributed by atoms with E-state index >= 15 is 0 Å². The predicted molar refractivity (Wildman–Crippen MR) is 68.3 cm³/mol. The van der Waals surface area contributed by atoms with Crippen molar-refractivity contribution in [1.29, 1.82) is 0 Å². The Morgan fingerprint density at radius 2 is 1.88 bits per heavy atom. The van der Waals surface area contributed by atoms with Crippen LogP contribution < -0.4 is 5.32 Å². The van der Waals surface area contributed by atoms with Crippen LogP contribution in [-0.2, 0) is 9.59 Å². The van der Waals surface area contributed by atoms with E-state index in [0.717, 1.165) is 12.8 Å². The van der Waals surface area contributed by atoms with Crippen molar-refractivity contribution in [2.24, 2.45) is 23.2 Å². The van der Waals surface area contributed by atoms with Gasteiger partial charge in [0.25, 0.3) is 0 Å². The summed E-state index contributed by atoms with van der Waals surface area (Å²) >= 11 is 0. The Bertz CT molecular complexity index is 309. The molecular formula is C14H25NO2. The summed E-state index contributed by atoms with van der Waals surface area (Å²) in [5.74, 6) is 0.652. The van der Waals surface area contributed by atoms with Crippen LogP contribution in [0.15, 0.2) is 0 Å². The lowest BCUT2D eigenvalue weighted by atomic mass is 9.64. The van der Waals surface area contributed by atoms with Crippen LogP contribution >= 0.6 is 0 Å². The maximum absolute atomic E-state index is 12.0. The third-order valence-corrected chi connectivity index (χ3v) is 3.82. The van der Waals surface area contributed by atoms with Gasteiger partial charge in [-0.05, 0) is 23.7 Å². The van der Waals surface area contributed by atoms with Crippen molar-refractivity contribution in [1.82, 2.24) is 5.32 Å². The van der Waals surface area contributed by atoms with E-state index in [2.05, 4.69) is 39.9 Å². The van der Waals surface area contributed by atoms with E-state index in [1.54, 1.807) is 0 Å². The van der Waals surface area contributed by atoms with E-state index in [9.17, 15) is 9.59 Å². The standard InChI is InChI=1S/C14H25NO2/c1-9(2)6-7-14(5)8-11(16)15-13(17)12(14)10(3)4/h9-10,12H,6-8H2,1-5H3,(H,15,16,17). The number of amides is 2. The Labute approximate surface area is 104 Å². The van der Waals surface area contributed by atoms with E-state index in [-0.39, 0.29) is 29.1 Å². The van der Waals surface area contributed by atoms with Crippen LogP contribution in [0.1, 0.15) is 53.9 Å². The highest BCUT2D eigenvalue weighted by Gasteiger charge is 2.46. The molecule has 1 N–H and O–H groups in total. The number of hydrogen-bond acceptors (Lipinski definition) is 2. The summed E-state index contributed by atoms with van der Waals surface area (Å²) in [5, 5.41) is 2.48. The highest BCUT2D eigenvalue weighted by molar-refractivity contribution is 5.99. The van der Waals surface area contributed by atoms with Crippen molar-refractivity contribution < 1.29 is 9.59 Å². The number of hydrogen-bond donors (Lipinski definition) is 1. The fourth-order valence-electron chi connectivity index (χ4n) is 3.02. The van der Waals surface area contributed by atoms with Gasteiger partial charge in [0, 0.05) is 12.3 Å². The summed E-state index contributed by atoms with van der Waals surface area (Å²) in [6.07, 6.45) is 2.50. The number of piperidine rings is 1. The minimum atomic E-state index is -0.169. The molecule has 2 unspecified atom stereocenters. The Kier molecular flexibility index (Phi) is 4.34. The van der Waals surface area contributed by atoms with Crippen LogP contribution in [0.5, 0.6) is 0 Å². The Balaban J connectivity index is 2.88. The van der Waals surface area contributed by atoms with Gasteiger partial charge in [0.1, 0.15) is 0 Å². The minimum Gasteiger partial charge on any atom is -0.296 e. The first-order valence-corrected chi connectivity index (χ1v) is 6.60. The quantitative estimate of drug-likeness (QED) is 0.767. The molecule has 1 heterocycles. The van der Waals surface area contributed by atoms with Gasteiger partial charge in [-0.3, -0.25) is 14.9 Å². The molecule has 0 spiro atoms. The molecule has 1 fully saturated rings. The van der Waals surface area contributed by atoms with Crippen molar-refractivity contribution in [3.63, 3.8) is 0 Å². The summed E-state index contributed by atoms with van der Waals surface area (Å²) in [6, 6.07) is 0. The molecule has 2 atom stereocenters. The summed E-state index contributed by atoms with van der Waals surface area (Å²) in [7, 11) is 0. The zero-order chi connectivity index (χ0) is 13.2. The molecule has 0 radical (unpaired) electrons. The molecule has 17 heavy (non-hydrogen) atoms. The van der Waals surface area contributed by atoms with Gasteiger partial charge in [-0.1, -0.05) is 41.0 Å². The maximum atomic E-state index is 12.0. The summed E-state index contributed by atoms with van der Waals surface area (Å²) in [4.78, 5) is 23.5. The van der Waals surface area contributed by atoms with Gasteiger partial charge in [-0.15, -0.1) is 0 Å². The van der Waals surface area contributed by atoms with Crippen LogP contribution in [0, 0.1) is 23.2 Å². The first kappa shape index (κ1) is 14.2. The molecule has 0 aromatic rings. The Morgan fingerprint density at radius 3 is 2.35 bits per heavy atom. The van der Waals surface area contributed by atoms with Crippen molar-refractivity contribution in [3.05, 3.63) is 0 Å². The van der Waals surface area contributed by atoms with Gasteiger partial charge >= 0.3 is 0 Å². The first-order chi connectivity index (χ1) is 7.76. The van der Waals surface area contributed by atoms with E-state index in [0.29, 0.717) is 12.3 Å². The highest BCUT2D eigenvalue weighted by Crippen LogP contribution is 2.43. The number of nitrogens with one attached hydrogen (secondary N) is 1. The molecule has 2 amide bonds. The van der Waals surface area contributed by atoms with Crippen molar-refractivity contribution >= 4 is 11.8 Å². The summed E-state index contributed by atoms with van der Waals surface area (Å²) in [5.41, 5.74) is -0.169. The molecule has 0 aromatic carbocycles. The van der Waals surface area contributed by atoms with Crippen LogP contribution in [0.4, 0.5) is 0 Å². The van der Waals surface area contributed by atoms with Gasteiger partial charge in [-0.2, -0.15) is 0 Å². The Hall–Kier alpha value is -0.860. The summed E-state index contributed by atoms with van der Waals surface area (Å²) in [6.45, 7) is 10.6. The number of imide groups is 1. The molecule has 3 nitrogen and oxygen atoms in total. The zero-order valence-electron chi connectivity index (χ0n) is 11.7. The van der Waals surface area contributed by atoms with Crippen molar-refractivity contribution in [2.45, 2.75) is 53.9 Å². The molecule has 0 saturated carbocycles. The van der Waals surface area contributed by atoms with Gasteiger partial charge in [0.05, 0.1) is 0 Å². The monoisotopic (exact) mass is 239 g/mol. The first-order valence-electron chi connectivity index (χ1n) is 6.60. The molecule has 0 bridgehead atoms. The SMILES string of the molecule is CC(C)CCC1(C)CC(=O)NC(=O)C1C(C)C. The molecular weight excluding hydrogens is 214 g/mol. The van der Waals surface area contributed by atoms with Crippen molar-refractivity contribution in [2.75, 3.05) is 0 Å². The van der Waals surface area contributed by atoms with Crippen LogP contribution in [-0.4, -0.2) is 11.8 Å². The smallest absolute Gasteiger partial charge is 0.230 e. The third kappa shape index (κ3) is 3.30. The summed E-state index contributed by atoms with van der Waals surface area (Å²) < 4.78 is 0. The van der Waals surface area contributed by atoms with E-state index < -0.39 is 0 Å². The van der Waals surface area contributed by atoms with Crippen LogP contribution in [0.3, 0.4) is 0 Å². The second kappa shape index (κ2) is 5.19. The Morgan fingerprint density at radius 1 is 1.29 bits per heavy atom. The normalized spacial score (nSPS) is 29.9. The lowest BCUT2D eigenvalue weighted by molar-refractivity contribution is -0.145. The number of carbonyl (C=O) groups is 2. The van der Waals surface area contributed by atoms with Gasteiger partial charge in [0.2, 0.25) is 11.8 Å². The zero-order valence-corrected chi connectivity index (χ0v) is 11.7. The minimum absolute atomic E-state index is 0.0426. The third-order valence-electron chi connectivity index (χ3n) is 3.82. The molecule has 1 rings (SSSR count). The van der Waals surface area contributed by atoms with Gasteiger partial charge in [0.15, 0.2) is 0 Å². The van der Waals surface area contributed by atoms with E-state index in [1.165, 1.54) is 0 Å². The molecule has 3 heteroatoms. The average Bonchev–Trinajstić information content (AvgIpc) is 2.12. The molecule has 1 aliphatic heterocycles.